The monoisotopic (exact) mass is 440 g/mol. The van der Waals surface area contributed by atoms with Gasteiger partial charge in [0.2, 0.25) is 0 Å². The van der Waals surface area contributed by atoms with Crippen LogP contribution in [0.25, 0.3) is 11.3 Å². The molecule has 0 saturated carbocycles. The minimum absolute atomic E-state index is 0.0322. The first-order valence-corrected chi connectivity index (χ1v) is 11.8. The number of rotatable bonds is 8. The molecule has 0 aliphatic carbocycles. The molecule has 174 valence electrons. The molecule has 0 spiro atoms. The number of nitrogens with zero attached hydrogens (tertiary/aromatic N) is 4. The Bertz CT molecular complexity index is 893. The van der Waals surface area contributed by atoms with Gasteiger partial charge in [0.05, 0.1) is 19.4 Å². The van der Waals surface area contributed by atoms with Gasteiger partial charge in [-0.15, -0.1) is 0 Å². The summed E-state index contributed by atoms with van der Waals surface area (Å²) < 4.78 is 12.3. The fourth-order valence-corrected chi connectivity index (χ4v) is 5.28. The van der Waals surface area contributed by atoms with Gasteiger partial charge in [0.25, 0.3) is 5.91 Å². The van der Waals surface area contributed by atoms with Crippen LogP contribution in [0.3, 0.4) is 0 Å². The quantitative estimate of drug-likeness (QED) is 0.629. The topological polar surface area (TPSA) is 59.8 Å². The molecule has 7 nitrogen and oxygen atoms in total. The number of aromatic nitrogens is 2. The number of hydrogen-bond acceptors (Lipinski definition) is 5. The summed E-state index contributed by atoms with van der Waals surface area (Å²) in [7, 11) is 5.19. The SMILES string of the molecule is COCCN(CC1CCCN2CCCCC12)C(=O)c1cc(-c2ccc(OC)cc2)nn1C. The fraction of sp³-hybridized carbons (Fsp3) is 0.600. The summed E-state index contributed by atoms with van der Waals surface area (Å²) in [6, 6.07) is 10.3. The van der Waals surface area contributed by atoms with Crippen molar-refractivity contribution in [3.8, 4) is 17.0 Å². The van der Waals surface area contributed by atoms with E-state index in [1.807, 2.05) is 42.3 Å². The summed E-state index contributed by atoms with van der Waals surface area (Å²) in [5, 5.41) is 4.62. The number of carbonyl (C=O) groups excluding carboxylic acids is 1. The van der Waals surface area contributed by atoms with E-state index >= 15 is 0 Å². The van der Waals surface area contributed by atoms with Gasteiger partial charge in [0, 0.05) is 38.9 Å². The van der Waals surface area contributed by atoms with Crippen LogP contribution in [0.1, 0.15) is 42.6 Å². The molecule has 1 aromatic carbocycles. The van der Waals surface area contributed by atoms with Crippen LogP contribution in [0.2, 0.25) is 0 Å². The summed E-state index contributed by atoms with van der Waals surface area (Å²) in [5.74, 6) is 1.36. The van der Waals surface area contributed by atoms with Crippen LogP contribution in [0.4, 0.5) is 0 Å². The zero-order valence-corrected chi connectivity index (χ0v) is 19.6. The summed E-state index contributed by atoms with van der Waals surface area (Å²) in [4.78, 5) is 18.3. The number of benzene rings is 1. The molecule has 2 aliphatic heterocycles. The Morgan fingerprint density at radius 2 is 1.91 bits per heavy atom. The molecular weight excluding hydrogens is 404 g/mol. The van der Waals surface area contributed by atoms with Crippen molar-refractivity contribution in [2.75, 3.05) is 47.0 Å². The molecule has 3 heterocycles. The highest BCUT2D eigenvalue weighted by Crippen LogP contribution is 2.32. The van der Waals surface area contributed by atoms with Gasteiger partial charge in [-0.2, -0.15) is 5.10 Å². The molecule has 2 saturated heterocycles. The first-order chi connectivity index (χ1) is 15.6. The second kappa shape index (κ2) is 10.5. The lowest BCUT2D eigenvalue weighted by Gasteiger charge is -2.45. The maximum absolute atomic E-state index is 13.6. The summed E-state index contributed by atoms with van der Waals surface area (Å²) in [6.45, 7) is 4.34. The minimum Gasteiger partial charge on any atom is -0.497 e. The van der Waals surface area contributed by atoms with Crippen molar-refractivity contribution in [2.45, 2.75) is 38.1 Å². The van der Waals surface area contributed by atoms with E-state index in [2.05, 4.69) is 10.00 Å². The van der Waals surface area contributed by atoms with Crippen molar-refractivity contribution in [3.63, 3.8) is 0 Å². The number of ether oxygens (including phenoxy) is 2. The second-order valence-corrected chi connectivity index (χ2v) is 9.01. The summed E-state index contributed by atoms with van der Waals surface area (Å²) >= 11 is 0. The second-order valence-electron chi connectivity index (χ2n) is 9.01. The van der Waals surface area contributed by atoms with Crippen molar-refractivity contribution >= 4 is 5.91 Å². The predicted molar refractivity (Wildman–Crippen MR) is 125 cm³/mol. The maximum atomic E-state index is 13.6. The average Bonchev–Trinajstić information content (AvgIpc) is 3.23. The lowest BCUT2D eigenvalue weighted by Crippen LogP contribution is -2.52. The van der Waals surface area contributed by atoms with E-state index in [4.69, 9.17) is 9.47 Å². The predicted octanol–water partition coefficient (Wildman–Crippen LogP) is 3.45. The molecule has 2 aliphatic rings. The highest BCUT2D eigenvalue weighted by Gasteiger charge is 2.35. The number of piperidine rings is 2. The van der Waals surface area contributed by atoms with Gasteiger partial charge < -0.3 is 19.3 Å². The summed E-state index contributed by atoms with van der Waals surface area (Å²) in [5.41, 5.74) is 2.37. The maximum Gasteiger partial charge on any atom is 0.272 e. The number of hydrogen-bond donors (Lipinski definition) is 0. The van der Waals surface area contributed by atoms with Crippen LogP contribution in [-0.2, 0) is 11.8 Å². The molecule has 2 aromatic rings. The van der Waals surface area contributed by atoms with E-state index in [1.54, 1.807) is 18.9 Å². The van der Waals surface area contributed by atoms with Crippen LogP contribution < -0.4 is 4.74 Å². The summed E-state index contributed by atoms with van der Waals surface area (Å²) in [6.07, 6.45) is 6.28. The number of aryl methyl sites for hydroxylation is 1. The number of amides is 1. The van der Waals surface area contributed by atoms with Gasteiger partial charge in [-0.1, -0.05) is 6.42 Å². The van der Waals surface area contributed by atoms with Crippen molar-refractivity contribution in [2.24, 2.45) is 13.0 Å². The molecule has 7 heteroatoms. The standard InChI is InChI=1S/C25H36N4O3/c1-27-24(17-22(26-27)19-9-11-21(32-3)12-10-19)25(30)29(15-16-31-2)18-20-7-6-14-28-13-5-4-8-23(20)28/h9-12,17,20,23H,4-8,13-16,18H2,1-3H3. The molecule has 0 radical (unpaired) electrons. The fourth-order valence-electron chi connectivity index (χ4n) is 5.28. The lowest BCUT2D eigenvalue weighted by molar-refractivity contribution is 0.0311. The van der Waals surface area contributed by atoms with Crippen LogP contribution in [0, 0.1) is 5.92 Å². The largest absolute Gasteiger partial charge is 0.497 e. The molecule has 1 aromatic heterocycles. The molecule has 2 atom stereocenters. The van der Waals surface area contributed by atoms with Crippen LogP contribution >= 0.6 is 0 Å². The minimum atomic E-state index is 0.0322. The highest BCUT2D eigenvalue weighted by atomic mass is 16.5. The Hall–Kier alpha value is -2.38. The van der Waals surface area contributed by atoms with Gasteiger partial charge in [0.15, 0.2) is 0 Å². The van der Waals surface area contributed by atoms with Crippen molar-refractivity contribution < 1.29 is 14.3 Å². The first kappa shape index (κ1) is 22.8. The molecule has 32 heavy (non-hydrogen) atoms. The first-order valence-electron chi connectivity index (χ1n) is 11.8. The number of carbonyl (C=O) groups is 1. The normalized spacial score (nSPS) is 21.2. The molecule has 4 rings (SSSR count). The van der Waals surface area contributed by atoms with Crippen LogP contribution in [0.5, 0.6) is 5.75 Å². The van der Waals surface area contributed by atoms with Crippen LogP contribution in [-0.4, -0.2) is 78.5 Å². The van der Waals surface area contributed by atoms with Crippen molar-refractivity contribution in [3.05, 3.63) is 36.0 Å². The van der Waals surface area contributed by atoms with Gasteiger partial charge in [0.1, 0.15) is 11.4 Å². The van der Waals surface area contributed by atoms with Crippen molar-refractivity contribution in [1.29, 1.82) is 0 Å². The zero-order valence-electron chi connectivity index (χ0n) is 19.6. The number of methoxy groups -OCH3 is 2. The van der Waals surface area contributed by atoms with E-state index in [9.17, 15) is 4.79 Å². The Labute approximate surface area is 191 Å². The molecule has 1 amide bonds. The highest BCUT2D eigenvalue weighted by molar-refractivity contribution is 5.93. The van der Waals surface area contributed by atoms with Gasteiger partial charge in [-0.05, 0) is 75.0 Å². The molecule has 0 bridgehead atoms. The molecule has 0 N–H and O–H groups in total. The molecular formula is C25H36N4O3. The Kier molecular flexibility index (Phi) is 7.48. The Morgan fingerprint density at radius 3 is 2.66 bits per heavy atom. The van der Waals surface area contributed by atoms with Gasteiger partial charge >= 0.3 is 0 Å². The zero-order chi connectivity index (χ0) is 22.5. The average molecular weight is 441 g/mol. The van der Waals surface area contributed by atoms with Crippen LogP contribution in [0.15, 0.2) is 30.3 Å². The van der Waals surface area contributed by atoms with Crippen molar-refractivity contribution in [1.82, 2.24) is 19.6 Å². The Morgan fingerprint density at radius 1 is 1.12 bits per heavy atom. The third-order valence-electron chi connectivity index (χ3n) is 7.02. The lowest BCUT2D eigenvalue weighted by atomic mass is 9.83. The van der Waals surface area contributed by atoms with Gasteiger partial charge in [-0.25, -0.2) is 0 Å². The number of fused-ring (bicyclic) bond motifs is 1. The van der Waals surface area contributed by atoms with Gasteiger partial charge in [-0.3, -0.25) is 9.48 Å². The van der Waals surface area contributed by atoms with E-state index in [0.717, 1.165) is 23.6 Å². The third-order valence-corrected chi connectivity index (χ3v) is 7.02. The van der Waals surface area contributed by atoms with E-state index in [0.29, 0.717) is 30.8 Å². The molecule has 2 unspecified atom stereocenters. The van der Waals surface area contributed by atoms with E-state index < -0.39 is 0 Å². The van der Waals surface area contributed by atoms with E-state index in [-0.39, 0.29) is 5.91 Å². The Balaban J connectivity index is 1.53. The molecule has 2 fully saturated rings. The third kappa shape index (κ3) is 4.99. The van der Waals surface area contributed by atoms with E-state index in [1.165, 1.54) is 45.2 Å². The smallest absolute Gasteiger partial charge is 0.272 e.